The number of carbonyl (C=O) groups is 2. The maximum atomic E-state index is 13.4. The molecule has 1 aromatic rings. The smallest absolute Gasteiger partial charge is 0.334 e. The number of rotatable bonds is 2. The molecule has 0 saturated carbocycles. The van der Waals surface area contributed by atoms with Gasteiger partial charge >= 0.3 is 5.97 Å². The number of morpholine rings is 1. The van der Waals surface area contributed by atoms with Gasteiger partial charge in [-0.15, -0.1) is 0 Å². The predicted molar refractivity (Wildman–Crippen MR) is 67.4 cm³/mol. The molecule has 0 aromatic heterocycles. The monoisotopic (exact) mass is 331 g/mol. The van der Waals surface area contributed by atoms with E-state index >= 15 is 0 Å². The minimum absolute atomic E-state index is 0.0359. The van der Waals surface area contributed by atoms with E-state index in [1.807, 2.05) is 0 Å². The first-order valence-electron chi connectivity index (χ1n) is 5.58. The molecule has 1 amide bonds. The predicted octanol–water partition coefficient (Wildman–Crippen LogP) is 1.51. The summed E-state index contributed by atoms with van der Waals surface area (Å²) in [6, 6.07) is 4.05. The Bertz CT molecular complexity index is 522. The lowest BCUT2D eigenvalue weighted by Gasteiger charge is -2.30. The Balaban J connectivity index is 2.14. The molecule has 1 saturated heterocycles. The van der Waals surface area contributed by atoms with Gasteiger partial charge in [-0.2, -0.15) is 0 Å². The quantitative estimate of drug-likeness (QED) is 0.892. The van der Waals surface area contributed by atoms with Crippen LogP contribution >= 0.6 is 15.9 Å². The van der Waals surface area contributed by atoms with E-state index in [4.69, 9.17) is 9.84 Å². The van der Waals surface area contributed by atoms with Crippen LogP contribution in [0.1, 0.15) is 10.4 Å². The molecule has 1 atom stereocenters. The second kappa shape index (κ2) is 5.66. The van der Waals surface area contributed by atoms with Gasteiger partial charge in [0.25, 0.3) is 5.91 Å². The van der Waals surface area contributed by atoms with E-state index in [0.717, 1.165) is 6.07 Å². The fraction of sp³-hybridized carbons (Fsp3) is 0.333. The molecule has 1 N–H and O–H groups in total. The Morgan fingerprint density at radius 2 is 2.21 bits per heavy atom. The van der Waals surface area contributed by atoms with Crippen molar-refractivity contribution >= 4 is 27.8 Å². The summed E-state index contributed by atoms with van der Waals surface area (Å²) < 4.78 is 18.7. The zero-order valence-corrected chi connectivity index (χ0v) is 11.4. The van der Waals surface area contributed by atoms with Crippen molar-refractivity contribution in [1.82, 2.24) is 4.90 Å². The Morgan fingerprint density at radius 1 is 1.47 bits per heavy atom. The average molecular weight is 332 g/mol. The molecule has 19 heavy (non-hydrogen) atoms. The number of halogens is 2. The van der Waals surface area contributed by atoms with E-state index in [9.17, 15) is 14.0 Å². The van der Waals surface area contributed by atoms with Crippen LogP contribution in [0.5, 0.6) is 0 Å². The number of benzene rings is 1. The van der Waals surface area contributed by atoms with Crippen LogP contribution in [-0.4, -0.2) is 47.7 Å². The number of amides is 1. The molecule has 7 heteroatoms. The van der Waals surface area contributed by atoms with E-state index in [1.165, 1.54) is 17.0 Å². The van der Waals surface area contributed by atoms with Crippen molar-refractivity contribution in [1.29, 1.82) is 0 Å². The summed E-state index contributed by atoms with van der Waals surface area (Å²) in [6.45, 7) is 0.411. The van der Waals surface area contributed by atoms with Crippen LogP contribution in [-0.2, 0) is 9.53 Å². The second-order valence-corrected chi connectivity index (χ2v) is 4.93. The first kappa shape index (κ1) is 14.0. The Morgan fingerprint density at radius 3 is 2.84 bits per heavy atom. The third kappa shape index (κ3) is 3.10. The van der Waals surface area contributed by atoms with Crippen LogP contribution in [0.4, 0.5) is 4.39 Å². The first-order chi connectivity index (χ1) is 8.99. The van der Waals surface area contributed by atoms with Gasteiger partial charge < -0.3 is 14.7 Å². The number of aliphatic carboxylic acids is 1. The van der Waals surface area contributed by atoms with Gasteiger partial charge in [-0.3, -0.25) is 4.79 Å². The lowest BCUT2D eigenvalue weighted by Crippen LogP contribution is -2.48. The van der Waals surface area contributed by atoms with E-state index < -0.39 is 23.8 Å². The third-order valence-electron chi connectivity index (χ3n) is 2.80. The van der Waals surface area contributed by atoms with Gasteiger partial charge in [-0.1, -0.05) is 0 Å². The van der Waals surface area contributed by atoms with E-state index in [-0.39, 0.29) is 23.2 Å². The first-order valence-corrected chi connectivity index (χ1v) is 6.37. The van der Waals surface area contributed by atoms with Crippen LogP contribution in [0.2, 0.25) is 0 Å². The Labute approximate surface area is 117 Å². The lowest BCUT2D eigenvalue weighted by molar-refractivity contribution is -0.154. The summed E-state index contributed by atoms with van der Waals surface area (Å²) in [5, 5.41) is 8.86. The fourth-order valence-corrected chi connectivity index (χ4v) is 2.04. The number of ether oxygens (including phenoxy) is 1. The van der Waals surface area contributed by atoms with Crippen molar-refractivity contribution < 1.29 is 23.8 Å². The molecule has 1 aromatic carbocycles. The highest BCUT2D eigenvalue weighted by Gasteiger charge is 2.29. The van der Waals surface area contributed by atoms with Crippen molar-refractivity contribution in [2.75, 3.05) is 19.7 Å². The SMILES string of the molecule is O=C(O)[C@H]1CN(C(=O)c2ccc(Br)c(F)c2)CCO1. The molecule has 102 valence electrons. The maximum absolute atomic E-state index is 13.4. The summed E-state index contributed by atoms with van der Waals surface area (Å²) in [5.74, 6) is -2.05. The highest BCUT2D eigenvalue weighted by Crippen LogP contribution is 2.18. The van der Waals surface area contributed by atoms with E-state index in [0.29, 0.717) is 6.54 Å². The number of hydrogen-bond donors (Lipinski definition) is 1. The molecule has 1 fully saturated rings. The van der Waals surface area contributed by atoms with Crippen molar-refractivity contribution in [3.63, 3.8) is 0 Å². The minimum Gasteiger partial charge on any atom is -0.479 e. The van der Waals surface area contributed by atoms with Crippen molar-refractivity contribution in [3.05, 3.63) is 34.1 Å². The number of hydrogen-bond acceptors (Lipinski definition) is 3. The van der Waals surface area contributed by atoms with Gasteiger partial charge in [0.2, 0.25) is 0 Å². The number of carbonyl (C=O) groups excluding carboxylic acids is 1. The minimum atomic E-state index is -1.11. The fourth-order valence-electron chi connectivity index (χ4n) is 1.79. The molecular formula is C12H11BrFNO4. The molecule has 0 spiro atoms. The van der Waals surface area contributed by atoms with Crippen molar-refractivity contribution in [2.45, 2.75) is 6.10 Å². The summed E-state index contributed by atoms with van der Waals surface area (Å²) in [6.07, 6.45) is -1.03. The number of carboxylic acid groups (broad SMARTS) is 1. The molecular weight excluding hydrogens is 321 g/mol. The average Bonchev–Trinajstić information content (AvgIpc) is 2.41. The molecule has 2 rings (SSSR count). The summed E-state index contributed by atoms with van der Waals surface area (Å²) in [7, 11) is 0. The van der Waals surface area contributed by atoms with Crippen molar-refractivity contribution in [3.8, 4) is 0 Å². The van der Waals surface area contributed by atoms with Gasteiger partial charge in [0.15, 0.2) is 6.10 Å². The highest BCUT2D eigenvalue weighted by molar-refractivity contribution is 9.10. The molecule has 5 nitrogen and oxygen atoms in total. The Kier molecular flexibility index (Phi) is 4.16. The molecule has 0 aliphatic carbocycles. The second-order valence-electron chi connectivity index (χ2n) is 4.08. The molecule has 0 bridgehead atoms. The van der Waals surface area contributed by atoms with Gasteiger partial charge in [0.05, 0.1) is 17.6 Å². The Hall–Kier alpha value is -1.47. The van der Waals surface area contributed by atoms with Crippen LogP contribution < -0.4 is 0 Å². The highest BCUT2D eigenvalue weighted by atomic mass is 79.9. The van der Waals surface area contributed by atoms with Crippen LogP contribution in [0, 0.1) is 5.82 Å². The zero-order valence-electron chi connectivity index (χ0n) is 9.81. The molecule has 0 radical (unpaired) electrons. The zero-order chi connectivity index (χ0) is 14.0. The van der Waals surface area contributed by atoms with Crippen LogP contribution in [0.3, 0.4) is 0 Å². The summed E-state index contributed by atoms with van der Waals surface area (Å²) in [4.78, 5) is 24.3. The van der Waals surface area contributed by atoms with Crippen LogP contribution in [0.15, 0.2) is 22.7 Å². The van der Waals surface area contributed by atoms with Crippen molar-refractivity contribution in [2.24, 2.45) is 0 Å². The standard InChI is InChI=1S/C12H11BrFNO4/c13-8-2-1-7(5-9(8)14)11(16)15-3-4-19-10(6-15)12(17)18/h1-2,5,10H,3-4,6H2,(H,17,18)/t10-/m1/s1. The topological polar surface area (TPSA) is 66.8 Å². The molecule has 0 unspecified atom stereocenters. The molecule has 1 heterocycles. The largest absolute Gasteiger partial charge is 0.479 e. The van der Waals surface area contributed by atoms with Gasteiger partial charge in [0.1, 0.15) is 5.82 Å². The number of carboxylic acids is 1. The maximum Gasteiger partial charge on any atom is 0.334 e. The van der Waals surface area contributed by atoms with Gasteiger partial charge in [-0.05, 0) is 34.1 Å². The normalized spacial score (nSPS) is 19.3. The molecule has 1 aliphatic heterocycles. The van der Waals surface area contributed by atoms with Crippen LogP contribution in [0.25, 0.3) is 0 Å². The molecule has 1 aliphatic rings. The lowest BCUT2D eigenvalue weighted by atomic mass is 10.1. The van der Waals surface area contributed by atoms with Gasteiger partial charge in [-0.25, -0.2) is 9.18 Å². The third-order valence-corrected chi connectivity index (χ3v) is 3.44. The number of nitrogens with zero attached hydrogens (tertiary/aromatic N) is 1. The summed E-state index contributed by atoms with van der Waals surface area (Å²) in [5.41, 5.74) is 0.187. The summed E-state index contributed by atoms with van der Waals surface area (Å²) >= 11 is 3.01. The van der Waals surface area contributed by atoms with Gasteiger partial charge in [0, 0.05) is 12.1 Å². The van der Waals surface area contributed by atoms with E-state index in [2.05, 4.69) is 15.9 Å². The van der Waals surface area contributed by atoms with E-state index in [1.54, 1.807) is 0 Å².